The van der Waals surface area contributed by atoms with Gasteiger partial charge in [0.25, 0.3) is 0 Å². The van der Waals surface area contributed by atoms with Gasteiger partial charge in [0.1, 0.15) is 5.75 Å². The molecule has 17 heavy (non-hydrogen) atoms. The van der Waals surface area contributed by atoms with Crippen LogP contribution in [0.25, 0.3) is 0 Å². The van der Waals surface area contributed by atoms with Crippen LogP contribution in [0.1, 0.15) is 18.9 Å². The van der Waals surface area contributed by atoms with Crippen molar-refractivity contribution in [2.45, 2.75) is 25.8 Å². The van der Waals surface area contributed by atoms with Crippen molar-refractivity contribution >= 4 is 11.6 Å². The summed E-state index contributed by atoms with van der Waals surface area (Å²) in [5.41, 5.74) is 4.03. The molecule has 2 rings (SSSR count). The van der Waals surface area contributed by atoms with Crippen molar-refractivity contribution in [1.82, 2.24) is 5.43 Å². The van der Waals surface area contributed by atoms with Gasteiger partial charge < -0.3 is 4.74 Å². The number of nitrogens with one attached hydrogen (secondary N) is 1. The Morgan fingerprint density at radius 2 is 2.29 bits per heavy atom. The molecule has 0 heterocycles. The quantitative estimate of drug-likeness (QED) is 0.627. The molecule has 1 fully saturated rings. The highest BCUT2D eigenvalue weighted by atomic mass is 35.5. The Kier molecular flexibility index (Phi) is 3.92. The Balaban J connectivity index is 2.13. The Labute approximate surface area is 107 Å². The van der Waals surface area contributed by atoms with Gasteiger partial charge in [0, 0.05) is 11.1 Å². The van der Waals surface area contributed by atoms with Crippen molar-refractivity contribution in [3.63, 3.8) is 0 Å². The molecule has 1 aromatic carbocycles. The Morgan fingerprint density at radius 1 is 1.59 bits per heavy atom. The van der Waals surface area contributed by atoms with Crippen LogP contribution >= 0.6 is 11.6 Å². The van der Waals surface area contributed by atoms with E-state index in [4.69, 9.17) is 22.2 Å². The van der Waals surface area contributed by atoms with Gasteiger partial charge in [-0.05, 0) is 48.4 Å². The monoisotopic (exact) mass is 254 g/mol. The molecule has 0 amide bonds. The van der Waals surface area contributed by atoms with Crippen molar-refractivity contribution in [2.24, 2.45) is 17.7 Å². The molecule has 3 N–H and O–H groups in total. The normalized spacial score (nSPS) is 24.5. The molecular formula is C13H19ClN2O. The fraction of sp³-hybridized carbons (Fsp3) is 0.538. The van der Waals surface area contributed by atoms with E-state index in [1.54, 1.807) is 7.11 Å². The van der Waals surface area contributed by atoms with Gasteiger partial charge in [0.05, 0.1) is 7.11 Å². The topological polar surface area (TPSA) is 47.3 Å². The summed E-state index contributed by atoms with van der Waals surface area (Å²) in [5, 5.41) is 0.736. The summed E-state index contributed by atoms with van der Waals surface area (Å²) in [6, 6.07) is 6.01. The summed E-state index contributed by atoms with van der Waals surface area (Å²) in [7, 11) is 1.68. The van der Waals surface area contributed by atoms with E-state index < -0.39 is 0 Å². The highest BCUT2D eigenvalue weighted by Gasteiger charge is 2.39. The van der Waals surface area contributed by atoms with Gasteiger partial charge in [-0.25, -0.2) is 0 Å². The highest BCUT2D eigenvalue weighted by Crippen LogP contribution is 2.41. The standard InChI is InChI=1S/C13H19ClN2O/c1-8-5-11(8)12(16-15)7-9-6-10(14)3-4-13(9)17-2/h3-4,6,8,11-12,16H,5,7,15H2,1-2H3. The Bertz CT molecular complexity index is 397. The number of hydrogen-bond acceptors (Lipinski definition) is 3. The molecule has 0 aliphatic heterocycles. The summed E-state index contributed by atoms with van der Waals surface area (Å²) in [5.74, 6) is 7.94. The van der Waals surface area contributed by atoms with E-state index in [0.29, 0.717) is 12.0 Å². The summed E-state index contributed by atoms with van der Waals surface area (Å²) in [6.07, 6.45) is 2.10. The SMILES string of the molecule is COc1ccc(Cl)cc1CC(NN)C1CC1C. The highest BCUT2D eigenvalue weighted by molar-refractivity contribution is 6.30. The zero-order valence-corrected chi connectivity index (χ0v) is 11.0. The van der Waals surface area contributed by atoms with Gasteiger partial charge >= 0.3 is 0 Å². The summed E-state index contributed by atoms with van der Waals surface area (Å²) < 4.78 is 5.35. The first-order valence-corrected chi connectivity index (χ1v) is 6.32. The fourth-order valence-electron chi connectivity index (χ4n) is 2.39. The van der Waals surface area contributed by atoms with Crippen LogP contribution in [0.5, 0.6) is 5.75 Å². The van der Waals surface area contributed by atoms with Crippen LogP contribution < -0.4 is 16.0 Å². The second kappa shape index (κ2) is 5.25. The molecule has 3 atom stereocenters. The summed E-state index contributed by atoms with van der Waals surface area (Å²) >= 11 is 6.02. The van der Waals surface area contributed by atoms with Crippen LogP contribution in [0, 0.1) is 11.8 Å². The van der Waals surface area contributed by atoms with Gasteiger partial charge in [0.15, 0.2) is 0 Å². The van der Waals surface area contributed by atoms with Gasteiger partial charge in [-0.2, -0.15) is 0 Å². The second-order valence-electron chi connectivity index (χ2n) is 4.81. The van der Waals surface area contributed by atoms with E-state index in [-0.39, 0.29) is 0 Å². The number of ether oxygens (including phenoxy) is 1. The Hall–Kier alpha value is -0.770. The number of hydrazine groups is 1. The molecule has 3 nitrogen and oxygen atoms in total. The fourth-order valence-corrected chi connectivity index (χ4v) is 2.58. The first-order valence-electron chi connectivity index (χ1n) is 5.94. The first kappa shape index (κ1) is 12.7. The van der Waals surface area contributed by atoms with E-state index in [1.807, 2.05) is 18.2 Å². The number of rotatable bonds is 5. The van der Waals surface area contributed by atoms with Crippen molar-refractivity contribution < 1.29 is 4.74 Å². The average Bonchev–Trinajstić information content (AvgIpc) is 3.03. The zero-order valence-electron chi connectivity index (χ0n) is 10.2. The van der Waals surface area contributed by atoms with Crippen LogP contribution in [0.15, 0.2) is 18.2 Å². The van der Waals surface area contributed by atoms with Crippen molar-refractivity contribution in [2.75, 3.05) is 7.11 Å². The molecular weight excluding hydrogens is 236 g/mol. The van der Waals surface area contributed by atoms with Gasteiger partial charge in [0.2, 0.25) is 0 Å². The molecule has 1 aliphatic carbocycles. The number of halogens is 1. The van der Waals surface area contributed by atoms with Gasteiger partial charge in [-0.3, -0.25) is 11.3 Å². The maximum absolute atomic E-state index is 6.02. The van der Waals surface area contributed by atoms with Crippen LogP contribution in [-0.4, -0.2) is 13.2 Å². The molecule has 1 aromatic rings. The third-order valence-electron chi connectivity index (χ3n) is 3.58. The molecule has 94 valence electrons. The molecule has 0 spiro atoms. The average molecular weight is 255 g/mol. The molecule has 3 unspecified atom stereocenters. The molecule has 1 saturated carbocycles. The minimum absolute atomic E-state index is 0.303. The Morgan fingerprint density at radius 3 is 2.82 bits per heavy atom. The largest absolute Gasteiger partial charge is 0.496 e. The van der Waals surface area contributed by atoms with Crippen LogP contribution in [0.4, 0.5) is 0 Å². The van der Waals surface area contributed by atoms with Crippen LogP contribution in [-0.2, 0) is 6.42 Å². The lowest BCUT2D eigenvalue weighted by molar-refractivity contribution is 0.398. The molecule has 0 bridgehead atoms. The minimum Gasteiger partial charge on any atom is -0.496 e. The predicted octanol–water partition coefficient (Wildman–Crippen LogP) is 2.38. The van der Waals surface area contributed by atoms with E-state index in [9.17, 15) is 0 Å². The molecule has 1 aliphatic rings. The maximum atomic E-state index is 6.02. The number of nitrogens with two attached hydrogens (primary N) is 1. The number of hydrogen-bond donors (Lipinski definition) is 2. The van der Waals surface area contributed by atoms with Crippen molar-refractivity contribution in [1.29, 1.82) is 0 Å². The maximum Gasteiger partial charge on any atom is 0.122 e. The van der Waals surface area contributed by atoms with E-state index in [0.717, 1.165) is 28.7 Å². The van der Waals surface area contributed by atoms with Crippen LogP contribution in [0.2, 0.25) is 5.02 Å². The second-order valence-corrected chi connectivity index (χ2v) is 5.25. The molecule has 0 radical (unpaired) electrons. The predicted molar refractivity (Wildman–Crippen MR) is 70.1 cm³/mol. The lowest BCUT2D eigenvalue weighted by Gasteiger charge is -2.17. The van der Waals surface area contributed by atoms with Crippen LogP contribution in [0.3, 0.4) is 0 Å². The molecule has 0 aromatic heterocycles. The van der Waals surface area contributed by atoms with Crippen molar-refractivity contribution in [3.05, 3.63) is 28.8 Å². The molecule has 4 heteroatoms. The number of benzene rings is 1. The summed E-state index contributed by atoms with van der Waals surface area (Å²) in [6.45, 7) is 2.25. The lowest BCUT2D eigenvalue weighted by Crippen LogP contribution is -2.39. The van der Waals surface area contributed by atoms with E-state index in [1.165, 1.54) is 6.42 Å². The molecule has 0 saturated heterocycles. The van der Waals surface area contributed by atoms with Crippen molar-refractivity contribution in [3.8, 4) is 5.75 Å². The number of methoxy groups -OCH3 is 1. The zero-order chi connectivity index (χ0) is 12.4. The third kappa shape index (κ3) is 2.92. The van der Waals surface area contributed by atoms with E-state index in [2.05, 4.69) is 12.3 Å². The third-order valence-corrected chi connectivity index (χ3v) is 3.82. The van der Waals surface area contributed by atoms with E-state index >= 15 is 0 Å². The summed E-state index contributed by atoms with van der Waals surface area (Å²) in [4.78, 5) is 0. The minimum atomic E-state index is 0.303. The van der Waals surface area contributed by atoms with Gasteiger partial charge in [-0.15, -0.1) is 0 Å². The first-order chi connectivity index (χ1) is 8.15. The smallest absolute Gasteiger partial charge is 0.122 e. The lowest BCUT2D eigenvalue weighted by atomic mass is 10.0. The van der Waals surface area contributed by atoms with Gasteiger partial charge in [-0.1, -0.05) is 18.5 Å².